The summed E-state index contributed by atoms with van der Waals surface area (Å²) in [5.41, 5.74) is 7.44. The molecule has 0 amide bonds. The molecule has 3 aromatic carbocycles. The lowest BCUT2D eigenvalue weighted by molar-refractivity contribution is -0.142. The van der Waals surface area contributed by atoms with E-state index in [4.69, 9.17) is 21.1 Å². The average molecular weight is 422 g/mol. The van der Waals surface area contributed by atoms with Crippen molar-refractivity contribution in [2.75, 3.05) is 19.0 Å². The third-order valence-corrected chi connectivity index (χ3v) is 6.04. The number of hydrogen-bond donors (Lipinski definition) is 1. The van der Waals surface area contributed by atoms with Crippen LogP contribution in [0.3, 0.4) is 0 Å². The van der Waals surface area contributed by atoms with Crippen LogP contribution in [-0.2, 0) is 16.1 Å². The number of carbonyl (C=O) groups is 1. The Morgan fingerprint density at radius 1 is 1.13 bits per heavy atom. The van der Waals surface area contributed by atoms with Crippen molar-refractivity contribution in [1.82, 2.24) is 0 Å². The zero-order valence-electron chi connectivity index (χ0n) is 17.3. The van der Waals surface area contributed by atoms with Gasteiger partial charge in [-0.05, 0) is 42.2 Å². The second kappa shape index (κ2) is 8.41. The fraction of sp³-hybridized carbons (Fsp3) is 0.240. The first-order valence-corrected chi connectivity index (χ1v) is 10.3. The first-order valence-electron chi connectivity index (χ1n) is 9.92. The molecule has 4 rings (SSSR count). The molecule has 1 unspecified atom stereocenters. The number of nitrogens with one attached hydrogen (secondary N) is 1. The highest BCUT2D eigenvalue weighted by atomic mass is 35.5. The Morgan fingerprint density at radius 2 is 1.87 bits per heavy atom. The molecule has 1 aliphatic heterocycles. The fourth-order valence-electron chi connectivity index (χ4n) is 4.00. The molecule has 4 nitrogen and oxygen atoms in total. The van der Waals surface area contributed by atoms with Crippen molar-refractivity contribution in [2.45, 2.75) is 26.3 Å². The molecule has 1 heterocycles. The minimum absolute atomic E-state index is 0.274. The predicted molar refractivity (Wildman–Crippen MR) is 120 cm³/mol. The zero-order chi connectivity index (χ0) is 21.3. The number of hydrogen-bond acceptors (Lipinski definition) is 4. The predicted octanol–water partition coefficient (Wildman–Crippen LogP) is 5.88. The topological polar surface area (TPSA) is 47.6 Å². The number of rotatable bonds is 5. The summed E-state index contributed by atoms with van der Waals surface area (Å²) in [6.07, 6.45) is 0. The van der Waals surface area contributed by atoms with E-state index in [1.54, 1.807) is 0 Å². The third-order valence-electron chi connectivity index (χ3n) is 5.59. The van der Waals surface area contributed by atoms with Gasteiger partial charge in [0, 0.05) is 29.4 Å². The highest BCUT2D eigenvalue weighted by molar-refractivity contribution is 6.34. The molecule has 3 aromatic rings. The van der Waals surface area contributed by atoms with E-state index in [1.807, 2.05) is 30.3 Å². The molecule has 0 aliphatic carbocycles. The second-order valence-corrected chi connectivity index (χ2v) is 7.92. The van der Waals surface area contributed by atoms with Crippen molar-refractivity contribution in [2.24, 2.45) is 0 Å². The van der Waals surface area contributed by atoms with Crippen molar-refractivity contribution >= 4 is 23.3 Å². The maximum absolute atomic E-state index is 11.9. The Labute approximate surface area is 181 Å². The van der Waals surface area contributed by atoms with Gasteiger partial charge in [0.05, 0.1) is 12.1 Å². The Morgan fingerprint density at radius 3 is 2.60 bits per heavy atom. The maximum Gasteiger partial charge on any atom is 0.316 e. The molecule has 154 valence electrons. The van der Waals surface area contributed by atoms with Crippen molar-refractivity contribution in [1.29, 1.82) is 0 Å². The molecule has 5 heteroatoms. The number of aryl methyl sites for hydroxylation is 2. The number of ether oxygens (including phenoxy) is 2. The zero-order valence-corrected chi connectivity index (χ0v) is 18.0. The van der Waals surface area contributed by atoms with Gasteiger partial charge in [-0.25, -0.2) is 0 Å². The van der Waals surface area contributed by atoms with Crippen molar-refractivity contribution in [3.05, 3.63) is 81.9 Å². The quantitative estimate of drug-likeness (QED) is 0.522. The molecule has 0 aromatic heterocycles. The molecule has 0 saturated heterocycles. The number of esters is 1. The van der Waals surface area contributed by atoms with Crippen LogP contribution in [0.25, 0.3) is 11.1 Å². The monoisotopic (exact) mass is 421 g/mol. The number of anilines is 1. The van der Waals surface area contributed by atoms with Gasteiger partial charge in [0.25, 0.3) is 0 Å². The summed E-state index contributed by atoms with van der Waals surface area (Å²) >= 11 is 6.80. The van der Waals surface area contributed by atoms with Crippen LogP contribution in [-0.4, -0.2) is 19.7 Å². The molecule has 1 N–H and O–H groups in total. The Kier molecular flexibility index (Phi) is 5.69. The van der Waals surface area contributed by atoms with Gasteiger partial charge in [-0.1, -0.05) is 54.1 Å². The van der Waals surface area contributed by atoms with E-state index in [2.05, 4.69) is 43.4 Å². The van der Waals surface area contributed by atoms with Crippen LogP contribution < -0.4 is 10.1 Å². The van der Waals surface area contributed by atoms with Gasteiger partial charge in [0.2, 0.25) is 0 Å². The lowest BCUT2D eigenvalue weighted by atomic mass is 9.94. The molecular formula is C25H24ClNO3. The second-order valence-electron chi connectivity index (χ2n) is 7.54. The van der Waals surface area contributed by atoms with Crippen LogP contribution in [0, 0.1) is 13.8 Å². The van der Waals surface area contributed by atoms with Gasteiger partial charge in [0.15, 0.2) is 0 Å². The molecule has 0 spiro atoms. The van der Waals surface area contributed by atoms with Crippen molar-refractivity contribution in [3.63, 3.8) is 0 Å². The summed E-state index contributed by atoms with van der Waals surface area (Å²) in [6.45, 7) is 5.11. The molecule has 0 radical (unpaired) electrons. The third kappa shape index (κ3) is 3.75. The van der Waals surface area contributed by atoms with E-state index in [0.29, 0.717) is 18.9 Å². The Bertz CT molecular complexity index is 1090. The number of carbonyl (C=O) groups excluding carboxylic acids is 1. The first-order chi connectivity index (χ1) is 14.5. The molecule has 0 fully saturated rings. The molecule has 1 atom stereocenters. The molecular weight excluding hydrogens is 398 g/mol. The van der Waals surface area contributed by atoms with Crippen LogP contribution in [0.2, 0.25) is 5.02 Å². The van der Waals surface area contributed by atoms with Gasteiger partial charge < -0.3 is 14.8 Å². The minimum Gasteiger partial charge on any atom is -0.492 e. The number of methoxy groups -OCH3 is 1. The van der Waals surface area contributed by atoms with Crippen LogP contribution in [0.4, 0.5) is 5.69 Å². The standard InChI is InChI=1S/C25H24ClNO3/c1-15-6-4-7-16(2)23(15)20-9-5-8-17(24(20)26)13-27-18-10-11-19-21(25(28)29-3)14-30-22(19)12-18/h4-12,21,27H,13-14H2,1-3H3. The van der Waals surface area contributed by atoms with Gasteiger partial charge in [-0.3, -0.25) is 4.79 Å². The normalized spacial score (nSPS) is 14.7. The molecule has 0 saturated carbocycles. The van der Waals surface area contributed by atoms with E-state index in [0.717, 1.165) is 27.4 Å². The maximum atomic E-state index is 11.9. The van der Waals surface area contributed by atoms with Gasteiger partial charge >= 0.3 is 5.97 Å². The summed E-state index contributed by atoms with van der Waals surface area (Å²) in [5, 5.41) is 4.17. The van der Waals surface area contributed by atoms with E-state index < -0.39 is 0 Å². The summed E-state index contributed by atoms with van der Waals surface area (Å²) in [7, 11) is 1.40. The number of fused-ring (bicyclic) bond motifs is 1. The average Bonchev–Trinajstić information content (AvgIpc) is 3.16. The largest absolute Gasteiger partial charge is 0.492 e. The van der Waals surface area contributed by atoms with Crippen molar-refractivity contribution < 1.29 is 14.3 Å². The van der Waals surface area contributed by atoms with Crippen LogP contribution in [0.15, 0.2) is 54.6 Å². The minimum atomic E-state index is -0.359. The highest BCUT2D eigenvalue weighted by Crippen LogP contribution is 2.38. The summed E-state index contributed by atoms with van der Waals surface area (Å²) in [6, 6.07) is 18.2. The fourth-order valence-corrected chi connectivity index (χ4v) is 4.29. The van der Waals surface area contributed by atoms with Crippen LogP contribution in [0.1, 0.15) is 28.2 Å². The van der Waals surface area contributed by atoms with E-state index in [9.17, 15) is 4.79 Å². The number of halogens is 1. The molecule has 30 heavy (non-hydrogen) atoms. The summed E-state index contributed by atoms with van der Waals surface area (Å²) < 4.78 is 10.5. The van der Waals surface area contributed by atoms with Gasteiger partial charge in [-0.15, -0.1) is 0 Å². The highest BCUT2D eigenvalue weighted by Gasteiger charge is 2.31. The molecule has 0 bridgehead atoms. The van der Waals surface area contributed by atoms with Crippen molar-refractivity contribution in [3.8, 4) is 16.9 Å². The smallest absolute Gasteiger partial charge is 0.316 e. The van der Waals surface area contributed by atoms with Gasteiger partial charge in [-0.2, -0.15) is 0 Å². The Hall–Kier alpha value is -2.98. The van der Waals surface area contributed by atoms with Crippen LogP contribution in [0.5, 0.6) is 5.75 Å². The lowest BCUT2D eigenvalue weighted by Gasteiger charge is -2.15. The van der Waals surface area contributed by atoms with Gasteiger partial charge in [0.1, 0.15) is 18.3 Å². The summed E-state index contributed by atoms with van der Waals surface area (Å²) in [5.74, 6) is 0.0814. The number of benzene rings is 3. The Balaban J connectivity index is 1.55. The van der Waals surface area contributed by atoms with Crippen LogP contribution >= 0.6 is 11.6 Å². The van der Waals surface area contributed by atoms with E-state index >= 15 is 0 Å². The van der Waals surface area contributed by atoms with E-state index in [-0.39, 0.29) is 11.9 Å². The lowest BCUT2D eigenvalue weighted by Crippen LogP contribution is -2.15. The van der Waals surface area contributed by atoms with E-state index in [1.165, 1.54) is 23.8 Å². The SMILES string of the molecule is COC(=O)C1COc2cc(NCc3cccc(-c4c(C)cccc4C)c3Cl)ccc21. The first kappa shape index (κ1) is 20.3. The molecule has 1 aliphatic rings. The summed E-state index contributed by atoms with van der Waals surface area (Å²) in [4.78, 5) is 11.9.